The summed E-state index contributed by atoms with van der Waals surface area (Å²) in [7, 11) is 1.55. The van der Waals surface area contributed by atoms with Gasteiger partial charge in [-0.1, -0.05) is 0 Å². The van der Waals surface area contributed by atoms with Gasteiger partial charge in [0.15, 0.2) is 5.78 Å². The maximum Gasteiger partial charge on any atom is 0.176 e. The number of ketones is 1. The van der Waals surface area contributed by atoms with Crippen LogP contribution in [0.4, 0.5) is 0 Å². The largest absolute Gasteiger partial charge is 0.496 e. The molecule has 3 nitrogen and oxygen atoms in total. The van der Waals surface area contributed by atoms with Crippen molar-refractivity contribution in [2.24, 2.45) is 5.73 Å². The summed E-state index contributed by atoms with van der Waals surface area (Å²) in [6.45, 7) is 0.0186. The minimum atomic E-state index is -0.0919. The molecule has 0 fully saturated rings. The van der Waals surface area contributed by atoms with E-state index in [1.807, 2.05) is 0 Å². The zero-order valence-corrected chi connectivity index (χ0v) is 8.80. The Bertz CT molecular complexity index is 325. The smallest absolute Gasteiger partial charge is 0.176 e. The number of carbonyl (C=O) groups is 1. The lowest BCUT2D eigenvalue weighted by molar-refractivity contribution is 0.100. The summed E-state index contributed by atoms with van der Waals surface area (Å²) in [6, 6.07) is 5.14. The summed E-state index contributed by atoms with van der Waals surface area (Å²) in [5.41, 5.74) is 5.80. The number of hydrogen-bond donors (Lipinski definition) is 1. The molecule has 0 radical (unpaired) electrons. The van der Waals surface area contributed by atoms with Crippen molar-refractivity contribution in [3.8, 4) is 5.75 Å². The van der Waals surface area contributed by atoms with Gasteiger partial charge in [-0.2, -0.15) is 0 Å². The van der Waals surface area contributed by atoms with E-state index in [1.54, 1.807) is 25.3 Å². The summed E-state index contributed by atoms with van der Waals surface area (Å²) < 4.78 is 5.86. The van der Waals surface area contributed by atoms with Crippen molar-refractivity contribution >= 4 is 21.7 Å². The van der Waals surface area contributed by atoms with E-state index in [9.17, 15) is 4.79 Å². The van der Waals surface area contributed by atoms with Crippen LogP contribution >= 0.6 is 15.9 Å². The number of rotatable bonds is 3. The monoisotopic (exact) mass is 243 g/mol. The zero-order valence-electron chi connectivity index (χ0n) is 7.21. The highest BCUT2D eigenvalue weighted by Gasteiger charge is 2.06. The molecule has 1 rings (SSSR count). The van der Waals surface area contributed by atoms with Crippen LogP contribution in [0.15, 0.2) is 22.7 Å². The number of hydrogen-bond acceptors (Lipinski definition) is 3. The van der Waals surface area contributed by atoms with Crippen LogP contribution in [0.3, 0.4) is 0 Å². The molecule has 1 aromatic rings. The molecule has 0 aliphatic heterocycles. The summed E-state index contributed by atoms with van der Waals surface area (Å²) in [6.07, 6.45) is 0. The highest BCUT2D eigenvalue weighted by Crippen LogP contribution is 2.25. The first-order valence-electron chi connectivity index (χ1n) is 3.76. The summed E-state index contributed by atoms with van der Waals surface area (Å²) in [5.74, 6) is 0.546. The van der Waals surface area contributed by atoms with Crippen LogP contribution in [-0.4, -0.2) is 19.4 Å². The second kappa shape index (κ2) is 4.39. The Labute approximate surface area is 85.0 Å². The SMILES string of the molecule is COc1cc(C(=O)CN)ccc1Br. The third kappa shape index (κ3) is 2.29. The Balaban J connectivity index is 3.06. The lowest BCUT2D eigenvalue weighted by Gasteiger charge is -2.04. The first-order chi connectivity index (χ1) is 6.19. The number of Topliss-reactive ketones (excluding diaryl/α,β-unsaturated/α-hetero) is 1. The zero-order chi connectivity index (χ0) is 9.84. The first kappa shape index (κ1) is 10.2. The number of methoxy groups -OCH3 is 1. The van der Waals surface area contributed by atoms with E-state index in [4.69, 9.17) is 10.5 Å². The van der Waals surface area contributed by atoms with Gasteiger partial charge in [-0.3, -0.25) is 4.79 Å². The molecule has 0 aromatic heterocycles. The van der Waals surface area contributed by atoms with Crippen LogP contribution in [0.5, 0.6) is 5.75 Å². The lowest BCUT2D eigenvalue weighted by Crippen LogP contribution is -2.13. The van der Waals surface area contributed by atoms with Crippen LogP contribution in [0.25, 0.3) is 0 Å². The van der Waals surface area contributed by atoms with Gasteiger partial charge in [0.05, 0.1) is 18.1 Å². The van der Waals surface area contributed by atoms with Gasteiger partial charge >= 0.3 is 0 Å². The van der Waals surface area contributed by atoms with Crippen molar-refractivity contribution in [2.45, 2.75) is 0 Å². The van der Waals surface area contributed by atoms with E-state index in [-0.39, 0.29) is 12.3 Å². The Kier molecular flexibility index (Phi) is 3.45. The molecule has 0 spiro atoms. The average molecular weight is 244 g/mol. The molecular formula is C9H10BrNO2. The maximum atomic E-state index is 11.2. The predicted molar refractivity (Wildman–Crippen MR) is 54.1 cm³/mol. The van der Waals surface area contributed by atoms with Crippen molar-refractivity contribution in [3.05, 3.63) is 28.2 Å². The van der Waals surface area contributed by atoms with E-state index in [0.29, 0.717) is 11.3 Å². The molecule has 0 saturated heterocycles. The minimum Gasteiger partial charge on any atom is -0.496 e. The van der Waals surface area contributed by atoms with Crippen LogP contribution in [0, 0.1) is 0 Å². The van der Waals surface area contributed by atoms with Crippen molar-refractivity contribution in [1.29, 1.82) is 0 Å². The van der Waals surface area contributed by atoms with Crippen molar-refractivity contribution < 1.29 is 9.53 Å². The fraction of sp³-hybridized carbons (Fsp3) is 0.222. The standard InChI is InChI=1S/C9H10BrNO2/c1-13-9-4-6(8(12)5-11)2-3-7(9)10/h2-4H,5,11H2,1H3. The lowest BCUT2D eigenvalue weighted by atomic mass is 10.1. The van der Waals surface area contributed by atoms with Crippen LogP contribution in [0.2, 0.25) is 0 Å². The van der Waals surface area contributed by atoms with Gasteiger partial charge in [-0.15, -0.1) is 0 Å². The summed E-state index contributed by atoms with van der Waals surface area (Å²) in [5, 5.41) is 0. The second-order valence-corrected chi connectivity index (χ2v) is 3.33. The van der Waals surface area contributed by atoms with Crippen molar-refractivity contribution in [3.63, 3.8) is 0 Å². The van der Waals surface area contributed by atoms with Crippen LogP contribution < -0.4 is 10.5 Å². The Hall–Kier alpha value is -0.870. The molecule has 4 heteroatoms. The molecule has 2 N–H and O–H groups in total. The minimum absolute atomic E-state index is 0.0186. The molecule has 0 aliphatic rings. The van der Waals surface area contributed by atoms with Crippen molar-refractivity contribution in [2.75, 3.05) is 13.7 Å². The quantitative estimate of drug-likeness (QED) is 0.821. The topological polar surface area (TPSA) is 52.3 Å². The first-order valence-corrected chi connectivity index (χ1v) is 4.55. The van der Waals surface area contributed by atoms with Gasteiger partial charge in [0.2, 0.25) is 0 Å². The fourth-order valence-corrected chi connectivity index (χ4v) is 1.36. The van der Waals surface area contributed by atoms with Gasteiger partial charge in [0.25, 0.3) is 0 Å². The van der Waals surface area contributed by atoms with E-state index in [1.165, 1.54) is 0 Å². The van der Waals surface area contributed by atoms with Gasteiger partial charge in [-0.05, 0) is 34.1 Å². The molecule has 0 saturated carbocycles. The number of nitrogens with two attached hydrogens (primary N) is 1. The number of ether oxygens (including phenoxy) is 1. The van der Waals surface area contributed by atoms with Crippen LogP contribution in [0.1, 0.15) is 10.4 Å². The Morgan fingerprint density at radius 2 is 2.31 bits per heavy atom. The second-order valence-electron chi connectivity index (χ2n) is 2.48. The molecule has 0 aliphatic carbocycles. The molecule has 13 heavy (non-hydrogen) atoms. The molecule has 70 valence electrons. The third-order valence-corrected chi connectivity index (χ3v) is 2.31. The third-order valence-electron chi connectivity index (χ3n) is 1.66. The molecule has 0 bridgehead atoms. The van der Waals surface area contributed by atoms with Gasteiger partial charge in [-0.25, -0.2) is 0 Å². The highest BCUT2D eigenvalue weighted by atomic mass is 79.9. The summed E-state index contributed by atoms with van der Waals surface area (Å²) >= 11 is 3.29. The molecule has 0 heterocycles. The highest BCUT2D eigenvalue weighted by molar-refractivity contribution is 9.10. The normalized spacial score (nSPS) is 9.77. The fourth-order valence-electron chi connectivity index (χ4n) is 0.951. The number of carbonyl (C=O) groups excluding carboxylic acids is 1. The molecular weight excluding hydrogens is 234 g/mol. The average Bonchev–Trinajstić information content (AvgIpc) is 2.17. The van der Waals surface area contributed by atoms with E-state index < -0.39 is 0 Å². The molecule has 0 amide bonds. The Morgan fingerprint density at radius 3 is 2.85 bits per heavy atom. The van der Waals surface area contributed by atoms with Gasteiger partial charge in [0.1, 0.15) is 5.75 Å². The van der Waals surface area contributed by atoms with E-state index in [2.05, 4.69) is 15.9 Å². The molecule has 0 unspecified atom stereocenters. The predicted octanol–water partition coefficient (Wildman–Crippen LogP) is 1.60. The molecule has 0 atom stereocenters. The summed E-state index contributed by atoms with van der Waals surface area (Å²) in [4.78, 5) is 11.2. The van der Waals surface area contributed by atoms with Gasteiger partial charge in [0, 0.05) is 5.56 Å². The number of halogens is 1. The van der Waals surface area contributed by atoms with E-state index in [0.717, 1.165) is 4.47 Å². The van der Waals surface area contributed by atoms with Gasteiger partial charge < -0.3 is 10.5 Å². The van der Waals surface area contributed by atoms with Crippen LogP contribution in [-0.2, 0) is 0 Å². The Morgan fingerprint density at radius 1 is 1.62 bits per heavy atom. The number of benzene rings is 1. The maximum absolute atomic E-state index is 11.2. The van der Waals surface area contributed by atoms with Crippen molar-refractivity contribution in [1.82, 2.24) is 0 Å². The van der Waals surface area contributed by atoms with E-state index >= 15 is 0 Å². The molecule has 1 aromatic carbocycles.